The summed E-state index contributed by atoms with van der Waals surface area (Å²) in [4.78, 5) is 24.3. The maximum Gasteiger partial charge on any atom is 0.347 e. The highest BCUT2D eigenvalue weighted by Crippen LogP contribution is 2.29. The zero-order valence-electron chi connectivity index (χ0n) is 15.0. The van der Waals surface area contributed by atoms with E-state index in [9.17, 15) is 9.59 Å². The first-order valence-electron chi connectivity index (χ1n) is 7.89. The van der Waals surface area contributed by atoms with Crippen LogP contribution in [0.25, 0.3) is 0 Å². The highest BCUT2D eigenvalue weighted by atomic mass is 35.5. The van der Waals surface area contributed by atoms with Crippen LogP contribution < -0.4 is 14.2 Å². The smallest absolute Gasteiger partial charge is 0.347 e. The van der Waals surface area contributed by atoms with Crippen molar-refractivity contribution in [3.63, 3.8) is 0 Å². The molecule has 0 aliphatic carbocycles. The maximum atomic E-state index is 12.2. The first kappa shape index (κ1) is 20.9. The average Bonchev–Trinajstić information content (AvgIpc) is 2.67. The lowest BCUT2D eigenvalue weighted by atomic mass is 10.1. The van der Waals surface area contributed by atoms with E-state index in [1.165, 1.54) is 33.3 Å². The van der Waals surface area contributed by atoms with Crippen molar-refractivity contribution in [2.24, 2.45) is 0 Å². The Hall–Kier alpha value is -2.44. The van der Waals surface area contributed by atoms with Gasteiger partial charge in [-0.05, 0) is 43.3 Å². The molecule has 0 fully saturated rings. The van der Waals surface area contributed by atoms with Gasteiger partial charge in [0.1, 0.15) is 5.75 Å². The molecule has 144 valence electrons. The molecule has 0 spiro atoms. The van der Waals surface area contributed by atoms with Crippen molar-refractivity contribution in [3.8, 4) is 17.2 Å². The molecule has 0 N–H and O–H groups in total. The molecule has 0 unspecified atom stereocenters. The SMILES string of the molecule is COc1ccc(C(=O)COC(=O)[C@@H](C)Oc2ccc(Cl)cc2Cl)cc1OC. The summed E-state index contributed by atoms with van der Waals surface area (Å²) in [5, 5.41) is 0.714. The van der Waals surface area contributed by atoms with Crippen molar-refractivity contribution in [1.82, 2.24) is 0 Å². The Kier molecular flexibility index (Phi) is 7.33. The highest BCUT2D eigenvalue weighted by molar-refractivity contribution is 6.35. The molecule has 2 aromatic carbocycles. The molecule has 0 heterocycles. The van der Waals surface area contributed by atoms with E-state index in [1.807, 2.05) is 0 Å². The number of esters is 1. The van der Waals surface area contributed by atoms with Crippen LogP contribution in [0.1, 0.15) is 17.3 Å². The lowest BCUT2D eigenvalue weighted by Crippen LogP contribution is -2.28. The molecule has 1 atom stereocenters. The van der Waals surface area contributed by atoms with Crippen LogP contribution in [0.2, 0.25) is 10.0 Å². The summed E-state index contributed by atoms with van der Waals surface area (Å²) in [7, 11) is 2.96. The lowest BCUT2D eigenvalue weighted by molar-refractivity contribution is -0.149. The average molecular weight is 413 g/mol. The molecule has 0 aliphatic heterocycles. The van der Waals surface area contributed by atoms with Crippen molar-refractivity contribution in [3.05, 3.63) is 52.0 Å². The molecule has 0 saturated carbocycles. The number of rotatable bonds is 8. The van der Waals surface area contributed by atoms with Crippen LogP contribution >= 0.6 is 23.2 Å². The molecule has 0 aromatic heterocycles. The van der Waals surface area contributed by atoms with Gasteiger partial charge in [0.05, 0.1) is 19.2 Å². The Morgan fingerprint density at radius 1 is 0.963 bits per heavy atom. The van der Waals surface area contributed by atoms with Gasteiger partial charge in [-0.1, -0.05) is 23.2 Å². The monoisotopic (exact) mass is 412 g/mol. The van der Waals surface area contributed by atoms with E-state index in [4.69, 9.17) is 42.1 Å². The standard InChI is InChI=1S/C19H18Cl2O6/c1-11(27-16-7-5-13(20)9-14(16)21)19(23)26-10-15(22)12-4-6-17(24-2)18(8-12)25-3/h4-9,11H,10H2,1-3H3/t11-/m1/s1. The van der Waals surface area contributed by atoms with E-state index in [0.29, 0.717) is 22.1 Å². The molecular weight excluding hydrogens is 395 g/mol. The Morgan fingerprint density at radius 3 is 2.26 bits per heavy atom. The van der Waals surface area contributed by atoms with Crippen LogP contribution in [0.5, 0.6) is 17.2 Å². The second-order valence-electron chi connectivity index (χ2n) is 5.44. The largest absolute Gasteiger partial charge is 0.493 e. The molecule has 2 aromatic rings. The first-order valence-corrected chi connectivity index (χ1v) is 8.65. The zero-order chi connectivity index (χ0) is 20.0. The molecule has 0 aliphatic rings. The minimum absolute atomic E-state index is 0.267. The number of methoxy groups -OCH3 is 2. The van der Waals surface area contributed by atoms with Gasteiger partial charge in [0, 0.05) is 10.6 Å². The van der Waals surface area contributed by atoms with Gasteiger partial charge in [-0.15, -0.1) is 0 Å². The lowest BCUT2D eigenvalue weighted by Gasteiger charge is -2.15. The van der Waals surface area contributed by atoms with Gasteiger partial charge in [-0.3, -0.25) is 4.79 Å². The molecule has 0 saturated heterocycles. The van der Waals surface area contributed by atoms with Gasteiger partial charge in [-0.2, -0.15) is 0 Å². The summed E-state index contributed by atoms with van der Waals surface area (Å²) >= 11 is 11.8. The van der Waals surface area contributed by atoms with Crippen LogP contribution in [-0.4, -0.2) is 38.7 Å². The van der Waals surface area contributed by atoms with E-state index in [1.54, 1.807) is 24.3 Å². The van der Waals surface area contributed by atoms with Gasteiger partial charge >= 0.3 is 5.97 Å². The Bertz CT molecular complexity index is 837. The Balaban J connectivity index is 1.95. The summed E-state index contributed by atoms with van der Waals surface area (Å²) in [6.07, 6.45) is -0.957. The van der Waals surface area contributed by atoms with Crippen LogP contribution in [0.4, 0.5) is 0 Å². The van der Waals surface area contributed by atoms with E-state index >= 15 is 0 Å². The van der Waals surface area contributed by atoms with E-state index in [0.717, 1.165) is 0 Å². The third-order valence-corrected chi connectivity index (χ3v) is 4.11. The summed E-state index contributed by atoms with van der Waals surface area (Å²) in [5.74, 6) is 0.101. The number of hydrogen-bond acceptors (Lipinski definition) is 6. The molecule has 6 nitrogen and oxygen atoms in total. The third kappa shape index (κ3) is 5.52. The second kappa shape index (κ2) is 9.48. The first-order chi connectivity index (χ1) is 12.8. The molecule has 27 heavy (non-hydrogen) atoms. The molecular formula is C19H18Cl2O6. The van der Waals surface area contributed by atoms with Crippen molar-refractivity contribution < 1.29 is 28.5 Å². The normalized spacial score (nSPS) is 11.4. The number of ether oxygens (including phenoxy) is 4. The Labute approximate surface area is 166 Å². The molecule has 0 bridgehead atoms. The number of carbonyl (C=O) groups excluding carboxylic acids is 2. The third-order valence-electron chi connectivity index (χ3n) is 3.58. The Morgan fingerprint density at radius 2 is 1.63 bits per heavy atom. The van der Waals surface area contributed by atoms with Crippen LogP contribution in [0.3, 0.4) is 0 Å². The van der Waals surface area contributed by atoms with Crippen LogP contribution in [-0.2, 0) is 9.53 Å². The number of hydrogen-bond donors (Lipinski definition) is 0. The van der Waals surface area contributed by atoms with Crippen molar-refractivity contribution >= 4 is 35.0 Å². The fourth-order valence-corrected chi connectivity index (χ4v) is 2.61. The van der Waals surface area contributed by atoms with E-state index in [2.05, 4.69) is 0 Å². The van der Waals surface area contributed by atoms with Crippen LogP contribution in [0.15, 0.2) is 36.4 Å². The molecule has 0 amide bonds. The second-order valence-corrected chi connectivity index (χ2v) is 6.28. The van der Waals surface area contributed by atoms with Gasteiger partial charge in [0.2, 0.25) is 0 Å². The molecule has 2 rings (SSSR count). The topological polar surface area (TPSA) is 71.1 Å². The fraction of sp³-hybridized carbons (Fsp3) is 0.263. The predicted molar refractivity (Wildman–Crippen MR) is 101 cm³/mol. The zero-order valence-corrected chi connectivity index (χ0v) is 16.5. The summed E-state index contributed by atoms with van der Waals surface area (Å²) in [6.45, 7) is 1.06. The van der Waals surface area contributed by atoms with Crippen molar-refractivity contribution in [1.29, 1.82) is 0 Å². The van der Waals surface area contributed by atoms with Crippen molar-refractivity contribution in [2.45, 2.75) is 13.0 Å². The maximum absolute atomic E-state index is 12.2. The number of benzene rings is 2. The number of carbonyl (C=O) groups is 2. The fourth-order valence-electron chi connectivity index (χ4n) is 2.16. The van der Waals surface area contributed by atoms with E-state index in [-0.39, 0.29) is 16.6 Å². The van der Waals surface area contributed by atoms with E-state index < -0.39 is 18.7 Å². The minimum atomic E-state index is -0.957. The summed E-state index contributed by atoms with van der Waals surface area (Å²) in [5.41, 5.74) is 0.328. The quantitative estimate of drug-likeness (QED) is 0.477. The van der Waals surface area contributed by atoms with Gasteiger partial charge in [-0.25, -0.2) is 4.79 Å². The molecule has 0 radical (unpaired) electrons. The molecule has 8 heteroatoms. The highest BCUT2D eigenvalue weighted by Gasteiger charge is 2.20. The predicted octanol–water partition coefficient (Wildman–Crippen LogP) is 4.20. The van der Waals surface area contributed by atoms with Crippen molar-refractivity contribution in [2.75, 3.05) is 20.8 Å². The number of ketones is 1. The number of halogens is 2. The minimum Gasteiger partial charge on any atom is -0.493 e. The van der Waals surface area contributed by atoms with Gasteiger partial charge < -0.3 is 18.9 Å². The van der Waals surface area contributed by atoms with Crippen LogP contribution in [0, 0.1) is 0 Å². The van der Waals surface area contributed by atoms with Gasteiger partial charge in [0.15, 0.2) is 30.0 Å². The summed E-state index contributed by atoms with van der Waals surface area (Å²) < 4.78 is 20.8. The number of Topliss-reactive ketones (excluding diaryl/α,β-unsaturated/α-hetero) is 1. The van der Waals surface area contributed by atoms with Gasteiger partial charge in [0.25, 0.3) is 0 Å². The summed E-state index contributed by atoms with van der Waals surface area (Å²) in [6, 6.07) is 9.30.